The summed E-state index contributed by atoms with van der Waals surface area (Å²) >= 11 is 7.58. The lowest BCUT2D eigenvalue weighted by atomic mass is 10.0. The van der Waals surface area contributed by atoms with Crippen LogP contribution in [0.15, 0.2) is 41.3 Å². The maximum atomic E-state index is 12.7. The van der Waals surface area contributed by atoms with E-state index in [1.807, 2.05) is 24.3 Å². The third-order valence-corrected chi connectivity index (χ3v) is 5.96. The predicted octanol–water partition coefficient (Wildman–Crippen LogP) is 5.19. The van der Waals surface area contributed by atoms with E-state index >= 15 is 0 Å². The average molecular weight is 391 g/mol. The summed E-state index contributed by atoms with van der Waals surface area (Å²) in [7, 11) is 0. The topological polar surface area (TPSA) is 63.5 Å². The van der Waals surface area contributed by atoms with E-state index in [-0.39, 0.29) is 10.9 Å². The second kappa shape index (κ2) is 7.07. The van der Waals surface area contributed by atoms with E-state index in [0.29, 0.717) is 20.0 Å². The van der Waals surface area contributed by atoms with Crippen molar-refractivity contribution >= 4 is 62.3 Å². The molecular formula is C17H14N2O3S3. The Hall–Kier alpha value is -2.03. The zero-order chi connectivity index (χ0) is 18.1. The summed E-state index contributed by atoms with van der Waals surface area (Å²) in [6.45, 7) is 4.22. The first kappa shape index (κ1) is 17.8. The molecule has 5 nitrogen and oxygen atoms in total. The lowest BCUT2D eigenvalue weighted by Gasteiger charge is -2.15. The van der Waals surface area contributed by atoms with Crippen molar-refractivity contribution in [3.8, 4) is 0 Å². The molecule has 1 aliphatic rings. The largest absolute Gasteiger partial charge is 0.324 e. The molecule has 0 bridgehead atoms. The van der Waals surface area contributed by atoms with Crippen LogP contribution in [0.3, 0.4) is 0 Å². The number of anilines is 1. The van der Waals surface area contributed by atoms with E-state index in [9.17, 15) is 14.9 Å². The van der Waals surface area contributed by atoms with Crippen LogP contribution in [-0.4, -0.2) is 15.2 Å². The van der Waals surface area contributed by atoms with Crippen LogP contribution < -0.4 is 4.90 Å². The van der Waals surface area contributed by atoms with Gasteiger partial charge in [-0.1, -0.05) is 61.3 Å². The van der Waals surface area contributed by atoms with Gasteiger partial charge in [-0.2, -0.15) is 0 Å². The Bertz CT molecular complexity index is 885. The Labute approximate surface area is 158 Å². The molecule has 1 fully saturated rings. The Morgan fingerprint density at radius 3 is 2.44 bits per heavy atom. The molecule has 1 aromatic heterocycles. The first-order chi connectivity index (χ1) is 11.9. The second-order valence-electron chi connectivity index (χ2n) is 5.70. The molecule has 0 radical (unpaired) electrons. The average Bonchev–Trinajstić information content (AvgIpc) is 3.13. The van der Waals surface area contributed by atoms with E-state index in [2.05, 4.69) is 13.8 Å². The number of thiocarbonyl (C=S) groups is 1. The van der Waals surface area contributed by atoms with Gasteiger partial charge in [0.15, 0.2) is 4.32 Å². The second-order valence-corrected chi connectivity index (χ2v) is 8.47. The molecule has 2 heterocycles. The Morgan fingerprint density at radius 1 is 1.20 bits per heavy atom. The van der Waals surface area contributed by atoms with Crippen molar-refractivity contribution in [1.82, 2.24) is 0 Å². The summed E-state index contributed by atoms with van der Waals surface area (Å²) in [5, 5.41) is 10.8. The van der Waals surface area contributed by atoms with Gasteiger partial charge < -0.3 is 0 Å². The number of hydrogen-bond donors (Lipinski definition) is 0. The number of rotatable bonds is 4. The van der Waals surface area contributed by atoms with E-state index < -0.39 is 4.92 Å². The zero-order valence-corrected chi connectivity index (χ0v) is 15.9. The van der Waals surface area contributed by atoms with Gasteiger partial charge in [0.2, 0.25) is 0 Å². The minimum absolute atomic E-state index is 0.0472. The molecule has 128 valence electrons. The van der Waals surface area contributed by atoms with Crippen LogP contribution in [0.4, 0.5) is 10.7 Å². The van der Waals surface area contributed by atoms with Gasteiger partial charge in [-0.05, 0) is 35.8 Å². The maximum absolute atomic E-state index is 12.7. The van der Waals surface area contributed by atoms with Gasteiger partial charge in [-0.25, -0.2) is 0 Å². The number of thioether (sulfide) groups is 1. The lowest BCUT2D eigenvalue weighted by Crippen LogP contribution is -2.27. The van der Waals surface area contributed by atoms with Gasteiger partial charge in [0.25, 0.3) is 5.91 Å². The van der Waals surface area contributed by atoms with Crippen molar-refractivity contribution < 1.29 is 9.72 Å². The number of benzene rings is 1. The van der Waals surface area contributed by atoms with Crippen LogP contribution in [0.2, 0.25) is 0 Å². The fourth-order valence-electron chi connectivity index (χ4n) is 2.35. The summed E-state index contributed by atoms with van der Waals surface area (Å²) in [6.07, 6.45) is 1.65. The van der Waals surface area contributed by atoms with Crippen LogP contribution >= 0.6 is 35.3 Å². The minimum Gasteiger partial charge on any atom is -0.268 e. The number of nitrogens with zero attached hydrogens (tertiary/aromatic N) is 2. The van der Waals surface area contributed by atoms with Gasteiger partial charge in [0, 0.05) is 10.9 Å². The Balaban J connectivity index is 1.86. The van der Waals surface area contributed by atoms with Crippen molar-refractivity contribution in [3.05, 3.63) is 61.9 Å². The zero-order valence-electron chi connectivity index (χ0n) is 13.5. The number of amides is 1. The molecule has 8 heteroatoms. The molecule has 1 saturated heterocycles. The molecule has 0 spiro atoms. The third kappa shape index (κ3) is 3.65. The molecular weight excluding hydrogens is 376 g/mol. The van der Waals surface area contributed by atoms with Gasteiger partial charge in [0.1, 0.15) is 0 Å². The van der Waals surface area contributed by atoms with Crippen LogP contribution in [0, 0.1) is 10.1 Å². The Kier molecular flexibility index (Phi) is 5.03. The molecule has 3 rings (SSSR count). The highest BCUT2D eigenvalue weighted by molar-refractivity contribution is 8.27. The smallest absolute Gasteiger partial charge is 0.268 e. The van der Waals surface area contributed by atoms with Crippen LogP contribution in [0.1, 0.15) is 30.2 Å². The quantitative estimate of drug-likeness (QED) is 0.311. The van der Waals surface area contributed by atoms with Crippen molar-refractivity contribution in [2.45, 2.75) is 19.8 Å². The molecule has 1 amide bonds. The molecule has 0 N–H and O–H groups in total. The summed E-state index contributed by atoms with van der Waals surface area (Å²) in [5.41, 5.74) is 1.92. The normalized spacial score (nSPS) is 16.3. The molecule has 0 saturated carbocycles. The molecule has 2 aromatic rings. The highest BCUT2D eigenvalue weighted by Gasteiger charge is 2.33. The van der Waals surface area contributed by atoms with Crippen molar-refractivity contribution in [2.24, 2.45) is 0 Å². The van der Waals surface area contributed by atoms with E-state index in [1.165, 1.54) is 28.3 Å². The fraction of sp³-hybridized carbons (Fsp3) is 0.176. The molecule has 1 aliphatic heterocycles. The van der Waals surface area contributed by atoms with Gasteiger partial charge in [-0.15, -0.1) is 0 Å². The molecule has 0 unspecified atom stereocenters. The minimum atomic E-state index is -0.441. The number of carbonyl (C=O) groups is 1. The SMILES string of the molecule is CC(C)c1ccc(N2C(=O)/C(=C/c3ccc([N+](=O)[O-])s3)SC2=S)cc1. The molecule has 1 aromatic carbocycles. The standard InChI is InChI=1S/C17H14N2O3S3/c1-10(2)11-3-5-12(6-4-11)18-16(20)14(25-17(18)23)9-13-7-8-15(24-13)19(21)22/h3-10H,1-2H3/b14-9-. The summed E-state index contributed by atoms with van der Waals surface area (Å²) in [6, 6.07) is 10.8. The first-order valence-corrected chi connectivity index (χ1v) is 9.53. The van der Waals surface area contributed by atoms with Crippen LogP contribution in [0.25, 0.3) is 6.08 Å². The Morgan fingerprint density at radius 2 is 1.88 bits per heavy atom. The highest BCUT2D eigenvalue weighted by Crippen LogP contribution is 2.37. The number of carbonyl (C=O) groups excluding carboxylic acids is 1. The maximum Gasteiger partial charge on any atom is 0.324 e. The van der Waals surface area contributed by atoms with E-state index in [1.54, 1.807) is 12.1 Å². The molecule has 25 heavy (non-hydrogen) atoms. The first-order valence-electron chi connectivity index (χ1n) is 7.49. The lowest BCUT2D eigenvalue weighted by molar-refractivity contribution is -0.380. The third-order valence-electron chi connectivity index (χ3n) is 3.68. The van der Waals surface area contributed by atoms with Crippen molar-refractivity contribution in [1.29, 1.82) is 0 Å². The predicted molar refractivity (Wildman–Crippen MR) is 107 cm³/mol. The fourth-order valence-corrected chi connectivity index (χ4v) is 4.48. The number of nitro groups is 1. The summed E-state index contributed by atoms with van der Waals surface area (Å²) < 4.78 is 0.458. The summed E-state index contributed by atoms with van der Waals surface area (Å²) in [4.78, 5) is 25.7. The van der Waals surface area contributed by atoms with Crippen LogP contribution in [-0.2, 0) is 4.79 Å². The highest BCUT2D eigenvalue weighted by atomic mass is 32.2. The summed E-state index contributed by atoms with van der Waals surface area (Å²) in [5.74, 6) is 0.207. The van der Waals surface area contributed by atoms with Crippen molar-refractivity contribution in [3.63, 3.8) is 0 Å². The monoisotopic (exact) mass is 390 g/mol. The molecule has 0 atom stereocenters. The van der Waals surface area contributed by atoms with E-state index in [0.717, 1.165) is 17.0 Å². The van der Waals surface area contributed by atoms with E-state index in [4.69, 9.17) is 12.2 Å². The van der Waals surface area contributed by atoms with Crippen LogP contribution in [0.5, 0.6) is 0 Å². The van der Waals surface area contributed by atoms with Gasteiger partial charge in [-0.3, -0.25) is 19.8 Å². The van der Waals surface area contributed by atoms with Crippen molar-refractivity contribution in [2.75, 3.05) is 4.90 Å². The molecule has 0 aliphatic carbocycles. The van der Waals surface area contributed by atoms with Gasteiger partial charge >= 0.3 is 5.00 Å². The van der Waals surface area contributed by atoms with Gasteiger partial charge in [0.05, 0.1) is 15.5 Å². The number of hydrogen-bond acceptors (Lipinski definition) is 6. The number of thiophene rings is 1.